The molecule has 0 radical (unpaired) electrons. The summed E-state index contributed by atoms with van der Waals surface area (Å²) in [5.74, 6) is -0.0667. The van der Waals surface area contributed by atoms with Crippen molar-refractivity contribution in [2.75, 3.05) is 12.3 Å². The van der Waals surface area contributed by atoms with Gasteiger partial charge in [0.2, 0.25) is 0 Å². The van der Waals surface area contributed by atoms with Crippen molar-refractivity contribution in [3.05, 3.63) is 30.1 Å². The van der Waals surface area contributed by atoms with E-state index in [0.29, 0.717) is 18.5 Å². The van der Waals surface area contributed by atoms with Gasteiger partial charge in [0.05, 0.1) is 11.5 Å². The number of hydrogen-bond acceptors (Lipinski definition) is 5. The van der Waals surface area contributed by atoms with Crippen LogP contribution in [0.2, 0.25) is 0 Å². The highest BCUT2D eigenvalue weighted by Gasteiger charge is 2.34. The molecule has 0 aromatic carbocycles. The number of pyridine rings is 1. The lowest BCUT2D eigenvalue weighted by Crippen LogP contribution is -2.42. The van der Waals surface area contributed by atoms with Crippen LogP contribution < -0.4 is 0 Å². The fourth-order valence-electron chi connectivity index (χ4n) is 2.65. The van der Waals surface area contributed by atoms with Crippen molar-refractivity contribution >= 4 is 15.9 Å². The van der Waals surface area contributed by atoms with Crippen LogP contribution in [0.3, 0.4) is 0 Å². The average Bonchev–Trinajstić information content (AvgIpc) is 2.84. The maximum Gasteiger partial charge on any atom is 0.410 e. The molecule has 1 amide bonds. The van der Waals surface area contributed by atoms with Crippen LogP contribution in [0.15, 0.2) is 24.5 Å². The molecule has 6 nitrogen and oxygen atoms in total. The van der Waals surface area contributed by atoms with Crippen molar-refractivity contribution < 1.29 is 17.9 Å². The molecule has 1 aliphatic heterocycles. The van der Waals surface area contributed by atoms with E-state index in [1.165, 1.54) is 0 Å². The maximum atomic E-state index is 12.4. The molecule has 1 aromatic heterocycles. The predicted molar refractivity (Wildman–Crippen MR) is 87.7 cm³/mol. The number of nitrogens with zero attached hydrogens (tertiary/aromatic N) is 2. The van der Waals surface area contributed by atoms with E-state index < -0.39 is 21.5 Å². The highest BCUT2D eigenvalue weighted by Crippen LogP contribution is 2.23. The number of carbonyl (C=O) groups is 1. The third kappa shape index (κ3) is 5.49. The Bertz CT molecular complexity index is 638. The van der Waals surface area contributed by atoms with Crippen molar-refractivity contribution in [1.82, 2.24) is 9.88 Å². The number of aromatic nitrogens is 1. The lowest BCUT2D eigenvalue weighted by molar-refractivity contribution is 0.0241. The fourth-order valence-corrected chi connectivity index (χ4v) is 4.41. The molecule has 0 N–H and O–H groups in total. The number of rotatable bonds is 4. The highest BCUT2D eigenvalue weighted by atomic mass is 32.2. The van der Waals surface area contributed by atoms with E-state index in [-0.39, 0.29) is 17.5 Å². The number of carbonyl (C=O) groups excluding carboxylic acids is 1. The van der Waals surface area contributed by atoms with E-state index in [1.54, 1.807) is 50.2 Å². The highest BCUT2D eigenvalue weighted by molar-refractivity contribution is 7.90. The predicted octanol–water partition coefficient (Wildman–Crippen LogP) is 2.40. The maximum absolute atomic E-state index is 12.4. The van der Waals surface area contributed by atoms with Gasteiger partial charge in [-0.25, -0.2) is 13.2 Å². The Morgan fingerprint density at radius 1 is 1.35 bits per heavy atom. The Kier molecular flexibility index (Phi) is 5.29. The molecule has 1 atom stereocenters. The second kappa shape index (κ2) is 6.86. The van der Waals surface area contributed by atoms with E-state index in [0.717, 1.165) is 6.42 Å². The molecule has 2 heterocycles. The summed E-state index contributed by atoms with van der Waals surface area (Å²) in [4.78, 5) is 17.7. The van der Waals surface area contributed by atoms with Gasteiger partial charge < -0.3 is 9.64 Å². The molecule has 0 saturated carbocycles. The Morgan fingerprint density at radius 2 is 2.00 bits per heavy atom. The second-order valence-electron chi connectivity index (χ2n) is 6.88. The van der Waals surface area contributed by atoms with Crippen molar-refractivity contribution in [2.24, 2.45) is 0 Å². The second-order valence-corrected chi connectivity index (χ2v) is 8.99. The summed E-state index contributed by atoms with van der Waals surface area (Å²) in [5.41, 5.74) is 0.127. The molecular weight excluding hydrogens is 316 g/mol. The lowest BCUT2D eigenvalue weighted by Gasteiger charge is -2.28. The molecule has 128 valence electrons. The molecule has 23 heavy (non-hydrogen) atoms. The SMILES string of the molecule is CC(C)(C)OC(=O)N1CCC[C@@H]1CS(=O)(=O)Cc1ccncc1. The first-order chi connectivity index (χ1) is 10.7. The molecule has 7 heteroatoms. The Hall–Kier alpha value is -1.63. The number of hydrogen-bond donors (Lipinski definition) is 0. The first-order valence-corrected chi connectivity index (χ1v) is 9.57. The number of sulfone groups is 1. The molecule has 1 aromatic rings. The number of ether oxygens (including phenoxy) is 1. The number of amides is 1. The van der Waals surface area contributed by atoms with Gasteiger partial charge in [-0.05, 0) is 51.3 Å². The summed E-state index contributed by atoms with van der Waals surface area (Å²) in [6, 6.07) is 3.08. The van der Waals surface area contributed by atoms with E-state index in [4.69, 9.17) is 4.74 Å². The third-order valence-electron chi connectivity index (χ3n) is 3.59. The molecule has 0 unspecified atom stereocenters. The smallest absolute Gasteiger partial charge is 0.410 e. The molecule has 0 spiro atoms. The summed E-state index contributed by atoms with van der Waals surface area (Å²) in [6.45, 7) is 5.95. The van der Waals surface area contributed by atoms with Crippen LogP contribution >= 0.6 is 0 Å². The molecule has 2 rings (SSSR count). The minimum absolute atomic E-state index is 0.0332. The van der Waals surface area contributed by atoms with Gasteiger partial charge in [-0.15, -0.1) is 0 Å². The lowest BCUT2D eigenvalue weighted by atomic mass is 10.2. The zero-order chi connectivity index (χ0) is 17.1. The van der Waals surface area contributed by atoms with E-state index in [9.17, 15) is 13.2 Å². The summed E-state index contributed by atoms with van der Waals surface area (Å²) < 4.78 is 30.2. The average molecular weight is 340 g/mol. The van der Waals surface area contributed by atoms with Crippen LogP contribution in [0, 0.1) is 0 Å². The molecule has 1 aliphatic rings. The first kappa shape index (κ1) is 17.7. The topological polar surface area (TPSA) is 76.6 Å². The standard InChI is InChI=1S/C16H24N2O4S/c1-16(2,3)22-15(19)18-10-4-5-14(18)12-23(20,21)11-13-6-8-17-9-7-13/h6-9,14H,4-5,10-12H2,1-3H3/t14-/m1/s1. The van der Waals surface area contributed by atoms with Gasteiger partial charge in [0.25, 0.3) is 0 Å². The quantitative estimate of drug-likeness (QED) is 0.841. The van der Waals surface area contributed by atoms with Crippen molar-refractivity contribution in [1.29, 1.82) is 0 Å². The van der Waals surface area contributed by atoms with Gasteiger partial charge in [-0.3, -0.25) is 4.98 Å². The van der Waals surface area contributed by atoms with Gasteiger partial charge in [0.1, 0.15) is 5.60 Å². The Morgan fingerprint density at radius 3 is 2.61 bits per heavy atom. The normalized spacial score (nSPS) is 18.9. The van der Waals surface area contributed by atoms with Crippen molar-refractivity contribution in [3.8, 4) is 0 Å². The van der Waals surface area contributed by atoms with Gasteiger partial charge in [0.15, 0.2) is 9.84 Å². The third-order valence-corrected chi connectivity index (χ3v) is 5.25. The summed E-state index contributed by atoms with van der Waals surface area (Å²) in [7, 11) is -3.31. The van der Waals surface area contributed by atoms with Crippen LogP contribution in [0.5, 0.6) is 0 Å². The summed E-state index contributed by atoms with van der Waals surface area (Å²) in [5, 5.41) is 0. The van der Waals surface area contributed by atoms with Gasteiger partial charge >= 0.3 is 6.09 Å². The van der Waals surface area contributed by atoms with Crippen molar-refractivity contribution in [3.63, 3.8) is 0 Å². The summed E-state index contributed by atoms with van der Waals surface area (Å²) in [6.07, 6.45) is 4.21. The summed E-state index contributed by atoms with van der Waals surface area (Å²) >= 11 is 0. The largest absolute Gasteiger partial charge is 0.444 e. The molecule has 0 aliphatic carbocycles. The van der Waals surface area contributed by atoms with Crippen molar-refractivity contribution in [2.45, 2.75) is 51.0 Å². The van der Waals surface area contributed by atoms with Crippen LogP contribution in [0.25, 0.3) is 0 Å². The minimum atomic E-state index is -3.31. The Labute approximate surface area is 137 Å². The fraction of sp³-hybridized carbons (Fsp3) is 0.625. The molecule has 1 fully saturated rings. The minimum Gasteiger partial charge on any atom is -0.444 e. The van der Waals surface area contributed by atoms with E-state index >= 15 is 0 Å². The van der Waals surface area contributed by atoms with Crippen LogP contribution in [-0.4, -0.2) is 48.3 Å². The number of likely N-dealkylation sites (tertiary alicyclic amines) is 1. The van der Waals surface area contributed by atoms with E-state index in [2.05, 4.69) is 4.98 Å². The van der Waals surface area contributed by atoms with Crippen LogP contribution in [-0.2, 0) is 20.3 Å². The monoisotopic (exact) mass is 340 g/mol. The Balaban J connectivity index is 2.01. The molecule has 1 saturated heterocycles. The zero-order valence-electron chi connectivity index (χ0n) is 13.9. The molecular formula is C16H24N2O4S. The van der Waals surface area contributed by atoms with Gasteiger partial charge in [0, 0.05) is 25.0 Å². The van der Waals surface area contributed by atoms with Crippen LogP contribution in [0.4, 0.5) is 4.79 Å². The van der Waals surface area contributed by atoms with Gasteiger partial charge in [-0.1, -0.05) is 0 Å². The van der Waals surface area contributed by atoms with Gasteiger partial charge in [-0.2, -0.15) is 0 Å². The molecule has 0 bridgehead atoms. The van der Waals surface area contributed by atoms with E-state index in [1.807, 2.05) is 0 Å². The van der Waals surface area contributed by atoms with Crippen LogP contribution in [0.1, 0.15) is 39.2 Å². The first-order valence-electron chi connectivity index (χ1n) is 7.75. The zero-order valence-corrected chi connectivity index (χ0v) is 14.7.